The van der Waals surface area contributed by atoms with Crippen LogP contribution in [0.5, 0.6) is 0 Å². The third-order valence-corrected chi connectivity index (χ3v) is 13.0. The number of carbonyl (C=O) groups excluding carboxylic acids is 1. The molecule has 0 unspecified atom stereocenters. The first-order valence-electron chi connectivity index (χ1n) is 13.0. The van der Waals surface area contributed by atoms with Crippen LogP contribution < -0.4 is 15.2 Å². The first-order valence-corrected chi connectivity index (χ1v) is 15.3. The lowest BCUT2D eigenvalue weighted by atomic mass is 9.93. The maximum atomic E-state index is 13.8. The summed E-state index contributed by atoms with van der Waals surface area (Å²) in [4.78, 5) is 19.6. The van der Waals surface area contributed by atoms with Crippen LogP contribution in [0.25, 0.3) is 0 Å². The van der Waals surface area contributed by atoms with Gasteiger partial charge in [0.1, 0.15) is 10.1 Å². The minimum atomic E-state index is -2.73. The molecule has 1 aromatic heterocycles. The SMILES string of the molecule is CC(C)(C)[Si](OC[C@H]1C[C@]1(C(=O)On1ccccc1=S)c1ccccc1)(c1ccccc1)c1ccccc1. The molecule has 1 aliphatic rings. The van der Waals surface area contributed by atoms with E-state index in [9.17, 15) is 4.79 Å². The molecule has 3 aromatic carbocycles. The van der Waals surface area contributed by atoms with Gasteiger partial charge in [0.15, 0.2) is 0 Å². The van der Waals surface area contributed by atoms with Gasteiger partial charge in [0.25, 0.3) is 8.32 Å². The molecule has 38 heavy (non-hydrogen) atoms. The van der Waals surface area contributed by atoms with Crippen molar-refractivity contribution in [1.29, 1.82) is 0 Å². The second-order valence-electron chi connectivity index (χ2n) is 11.0. The highest BCUT2D eigenvalue weighted by molar-refractivity contribution is 7.71. The van der Waals surface area contributed by atoms with Gasteiger partial charge in [-0.05, 0) is 39.5 Å². The molecule has 0 N–H and O–H groups in total. The van der Waals surface area contributed by atoms with Gasteiger partial charge in [-0.2, -0.15) is 4.73 Å². The number of carbonyl (C=O) groups is 1. The van der Waals surface area contributed by atoms with Crippen LogP contribution in [0.3, 0.4) is 0 Å². The molecule has 4 nitrogen and oxygen atoms in total. The normalized spacial score (nSPS) is 19.1. The molecular weight excluding hydrogens is 507 g/mol. The van der Waals surface area contributed by atoms with Crippen molar-refractivity contribution in [2.75, 3.05) is 6.61 Å². The lowest BCUT2D eigenvalue weighted by molar-refractivity contribution is -0.148. The minimum Gasteiger partial charge on any atom is -0.407 e. The van der Waals surface area contributed by atoms with E-state index in [1.54, 1.807) is 18.3 Å². The molecule has 4 aromatic rings. The molecule has 0 saturated heterocycles. The molecule has 194 valence electrons. The zero-order valence-corrected chi connectivity index (χ0v) is 23.9. The van der Waals surface area contributed by atoms with Crippen molar-refractivity contribution in [2.45, 2.75) is 37.6 Å². The molecule has 0 bridgehead atoms. The molecule has 1 aliphatic carbocycles. The Morgan fingerprint density at radius 2 is 1.39 bits per heavy atom. The van der Waals surface area contributed by atoms with E-state index < -0.39 is 13.7 Å². The van der Waals surface area contributed by atoms with Crippen LogP contribution in [0.1, 0.15) is 32.8 Å². The Bertz CT molecular complexity index is 1410. The maximum Gasteiger partial charge on any atom is 0.343 e. The third kappa shape index (κ3) is 4.68. The van der Waals surface area contributed by atoms with Crippen molar-refractivity contribution < 1.29 is 14.1 Å². The number of hydrogen-bond acceptors (Lipinski definition) is 4. The second kappa shape index (κ2) is 10.4. The van der Waals surface area contributed by atoms with E-state index in [4.69, 9.17) is 21.5 Å². The quantitative estimate of drug-likeness (QED) is 0.213. The van der Waals surface area contributed by atoms with Crippen LogP contribution in [0, 0.1) is 10.6 Å². The summed E-state index contributed by atoms with van der Waals surface area (Å²) >= 11 is 5.38. The van der Waals surface area contributed by atoms with E-state index in [0.717, 1.165) is 5.56 Å². The van der Waals surface area contributed by atoms with Crippen LogP contribution >= 0.6 is 12.2 Å². The molecule has 1 saturated carbocycles. The standard InChI is InChI=1S/C32H33NO3SSi/c1-31(2,3)38(27-17-9-5-10-18-27,28-19-11-6-12-20-28)35-24-26-23-32(26,25-15-7-4-8-16-25)30(34)36-33-22-14-13-21-29(33)37/h4-22,26H,23-24H2,1-3H3/t26-,32+/m1/s1. The molecule has 0 amide bonds. The molecule has 1 heterocycles. The summed E-state index contributed by atoms with van der Waals surface area (Å²) in [5.74, 6) is -0.320. The second-order valence-corrected chi connectivity index (χ2v) is 15.7. The summed E-state index contributed by atoms with van der Waals surface area (Å²) in [6.07, 6.45) is 2.34. The highest BCUT2D eigenvalue weighted by atomic mass is 32.1. The van der Waals surface area contributed by atoms with Crippen molar-refractivity contribution in [2.24, 2.45) is 5.92 Å². The van der Waals surface area contributed by atoms with E-state index in [0.29, 0.717) is 17.7 Å². The zero-order valence-electron chi connectivity index (χ0n) is 22.0. The Morgan fingerprint density at radius 1 is 0.868 bits per heavy atom. The van der Waals surface area contributed by atoms with Crippen LogP contribution in [-0.2, 0) is 14.6 Å². The zero-order chi connectivity index (χ0) is 26.8. The first-order chi connectivity index (χ1) is 18.3. The summed E-state index contributed by atoms with van der Waals surface area (Å²) < 4.78 is 9.02. The lowest BCUT2D eigenvalue weighted by Gasteiger charge is -2.43. The van der Waals surface area contributed by atoms with E-state index in [2.05, 4.69) is 69.3 Å². The Labute approximate surface area is 231 Å². The summed E-state index contributed by atoms with van der Waals surface area (Å²) in [5, 5.41) is 2.31. The lowest BCUT2D eigenvalue weighted by Crippen LogP contribution is -2.66. The fraction of sp³-hybridized carbons (Fsp3) is 0.250. The van der Waals surface area contributed by atoms with Crippen LogP contribution in [0.4, 0.5) is 0 Å². The molecule has 1 fully saturated rings. The van der Waals surface area contributed by atoms with Gasteiger partial charge in [-0.25, -0.2) is 4.79 Å². The summed E-state index contributed by atoms with van der Waals surface area (Å²) in [6, 6.07) is 36.5. The molecular formula is C32H33NO3SSi. The molecule has 0 radical (unpaired) electrons. The number of rotatable bonds is 8. The fourth-order valence-corrected chi connectivity index (χ4v) is 10.4. The smallest absolute Gasteiger partial charge is 0.343 e. The van der Waals surface area contributed by atoms with E-state index >= 15 is 0 Å². The summed E-state index contributed by atoms with van der Waals surface area (Å²) in [6.45, 7) is 7.25. The molecule has 6 heteroatoms. The van der Waals surface area contributed by atoms with Crippen molar-refractivity contribution in [3.63, 3.8) is 0 Å². The molecule has 5 rings (SSSR count). The van der Waals surface area contributed by atoms with Crippen molar-refractivity contribution >= 4 is 36.9 Å². The third-order valence-electron chi connectivity index (χ3n) is 7.65. The predicted octanol–water partition coefficient (Wildman–Crippen LogP) is 5.71. The minimum absolute atomic E-state index is 0.0167. The topological polar surface area (TPSA) is 40.5 Å². The molecule has 0 spiro atoms. The van der Waals surface area contributed by atoms with Gasteiger partial charge in [0.2, 0.25) is 0 Å². The van der Waals surface area contributed by atoms with Gasteiger partial charge in [0.05, 0.1) is 0 Å². The first kappa shape index (κ1) is 26.3. The monoisotopic (exact) mass is 539 g/mol. The summed E-state index contributed by atoms with van der Waals surface area (Å²) in [7, 11) is -2.73. The Morgan fingerprint density at radius 3 is 1.92 bits per heavy atom. The maximum absolute atomic E-state index is 13.8. The van der Waals surface area contributed by atoms with Crippen molar-refractivity contribution in [3.8, 4) is 0 Å². The van der Waals surface area contributed by atoms with Gasteiger partial charge < -0.3 is 9.26 Å². The fourth-order valence-electron chi connectivity index (χ4n) is 5.63. The Kier molecular flexibility index (Phi) is 7.23. The van der Waals surface area contributed by atoms with Gasteiger partial charge in [0, 0.05) is 18.7 Å². The number of benzene rings is 3. The van der Waals surface area contributed by atoms with Crippen LogP contribution in [0.15, 0.2) is 115 Å². The Hall–Kier alpha value is -3.32. The molecule has 2 atom stereocenters. The van der Waals surface area contributed by atoms with E-state index in [1.807, 2.05) is 48.5 Å². The van der Waals surface area contributed by atoms with Gasteiger partial charge in [-0.15, -0.1) is 0 Å². The van der Waals surface area contributed by atoms with Crippen molar-refractivity contribution in [1.82, 2.24) is 4.73 Å². The average molecular weight is 540 g/mol. The van der Waals surface area contributed by atoms with Crippen LogP contribution in [-0.4, -0.2) is 25.6 Å². The highest BCUT2D eigenvalue weighted by Crippen LogP contribution is 2.55. The highest BCUT2D eigenvalue weighted by Gasteiger charge is 2.64. The largest absolute Gasteiger partial charge is 0.407 e. The van der Waals surface area contributed by atoms with Crippen LogP contribution in [0.2, 0.25) is 5.04 Å². The Balaban J connectivity index is 1.51. The number of hydrogen-bond donors (Lipinski definition) is 0. The number of nitrogens with zero attached hydrogens (tertiary/aromatic N) is 1. The predicted molar refractivity (Wildman–Crippen MR) is 157 cm³/mol. The number of pyridine rings is 1. The summed E-state index contributed by atoms with van der Waals surface area (Å²) in [5.41, 5.74) is 0.167. The van der Waals surface area contributed by atoms with Crippen molar-refractivity contribution in [3.05, 3.63) is 126 Å². The number of aromatic nitrogens is 1. The molecule has 0 aliphatic heterocycles. The average Bonchev–Trinajstić information content (AvgIpc) is 3.67. The van der Waals surface area contributed by atoms with E-state index in [1.165, 1.54) is 15.1 Å². The van der Waals surface area contributed by atoms with Gasteiger partial charge >= 0.3 is 5.97 Å². The van der Waals surface area contributed by atoms with Gasteiger partial charge in [-0.3, -0.25) is 0 Å². The van der Waals surface area contributed by atoms with Gasteiger partial charge in [-0.1, -0.05) is 130 Å². The van der Waals surface area contributed by atoms with E-state index in [-0.39, 0.29) is 16.9 Å².